The van der Waals surface area contributed by atoms with Gasteiger partial charge in [-0.1, -0.05) is 70.7 Å². The summed E-state index contributed by atoms with van der Waals surface area (Å²) in [6.07, 6.45) is 7.36. The van der Waals surface area contributed by atoms with Crippen LogP contribution < -0.4 is 10.1 Å². The van der Waals surface area contributed by atoms with Crippen LogP contribution in [0, 0.1) is 0 Å². The molecule has 0 aliphatic rings. The molecule has 0 saturated carbocycles. The average molecular weight is 506 g/mol. The zero-order chi connectivity index (χ0) is 24.7. The second kappa shape index (κ2) is 16.1. The largest absolute Gasteiger partial charge is 0.497 e. The van der Waals surface area contributed by atoms with Crippen LogP contribution in [0.15, 0.2) is 65.5 Å². The lowest BCUT2D eigenvalue weighted by atomic mass is 10.0. The van der Waals surface area contributed by atoms with Crippen molar-refractivity contribution in [2.24, 2.45) is 0 Å². The summed E-state index contributed by atoms with van der Waals surface area (Å²) in [4.78, 5) is 16.6. The Labute approximate surface area is 200 Å². The molecule has 0 aliphatic carbocycles. The van der Waals surface area contributed by atoms with Crippen LogP contribution >= 0.6 is 15.9 Å². The fourth-order valence-electron chi connectivity index (χ4n) is 2.88. The number of carboxylic acid groups (broad SMARTS) is 1. The van der Waals surface area contributed by atoms with Crippen molar-refractivity contribution in [2.75, 3.05) is 14.2 Å². The van der Waals surface area contributed by atoms with Crippen LogP contribution in [0.2, 0.25) is 0 Å². The van der Waals surface area contributed by atoms with Gasteiger partial charge in [0.1, 0.15) is 5.75 Å². The van der Waals surface area contributed by atoms with E-state index in [1.807, 2.05) is 77.1 Å². The van der Waals surface area contributed by atoms with Crippen molar-refractivity contribution in [2.45, 2.75) is 47.2 Å². The second-order valence-corrected chi connectivity index (χ2v) is 6.68. The highest BCUT2D eigenvalue weighted by atomic mass is 79.9. The van der Waals surface area contributed by atoms with Crippen molar-refractivity contribution in [1.29, 1.82) is 0 Å². The van der Waals surface area contributed by atoms with Gasteiger partial charge < -0.3 is 19.7 Å². The van der Waals surface area contributed by atoms with E-state index in [1.54, 1.807) is 24.8 Å². The van der Waals surface area contributed by atoms with E-state index in [9.17, 15) is 9.90 Å². The number of aromatic nitrogens is 2. The van der Waals surface area contributed by atoms with Crippen molar-refractivity contribution in [3.63, 3.8) is 0 Å². The summed E-state index contributed by atoms with van der Waals surface area (Å²) in [7, 11) is 3.37. The number of nitrogens with one attached hydrogen (secondary N) is 1. The molecule has 0 saturated heterocycles. The number of halogens is 1. The summed E-state index contributed by atoms with van der Waals surface area (Å²) >= 11 is 3.42. The van der Waals surface area contributed by atoms with Gasteiger partial charge in [-0.3, -0.25) is 0 Å². The first-order valence-electron chi connectivity index (χ1n) is 10.7. The molecule has 1 heterocycles. The lowest BCUT2D eigenvalue weighted by molar-refractivity contribution is 0.0683. The third kappa shape index (κ3) is 7.80. The Hall–Kier alpha value is -2.64. The Morgan fingerprint density at radius 2 is 1.88 bits per heavy atom. The van der Waals surface area contributed by atoms with E-state index in [2.05, 4.69) is 32.8 Å². The summed E-state index contributed by atoms with van der Waals surface area (Å²) in [6.45, 7) is 14.1. The monoisotopic (exact) mass is 505 g/mol. The molecule has 2 N–H and O–H groups in total. The SMILES string of the molecule is C=C/C(=C\C=C/C)C(NC)c1nc(Br)n(Cc2ccc(OC)cc2)c1C(=O)O.CC.CC. The van der Waals surface area contributed by atoms with Gasteiger partial charge in [-0.05, 0) is 53.2 Å². The number of methoxy groups -OCH3 is 1. The molecule has 1 unspecified atom stereocenters. The predicted molar refractivity (Wildman–Crippen MR) is 137 cm³/mol. The number of hydrogen-bond donors (Lipinski definition) is 2. The number of benzene rings is 1. The summed E-state index contributed by atoms with van der Waals surface area (Å²) in [5.74, 6) is -0.302. The molecule has 0 amide bonds. The number of allylic oxidation sites excluding steroid dienone is 3. The fourth-order valence-corrected chi connectivity index (χ4v) is 3.37. The van der Waals surface area contributed by atoms with Gasteiger partial charge in [0.05, 0.1) is 25.4 Å². The summed E-state index contributed by atoms with van der Waals surface area (Å²) < 4.78 is 7.26. The number of ether oxygens (including phenoxy) is 1. The normalized spacial score (nSPS) is 11.7. The van der Waals surface area contributed by atoms with E-state index < -0.39 is 12.0 Å². The quantitative estimate of drug-likeness (QED) is 0.385. The van der Waals surface area contributed by atoms with Crippen LogP contribution in [0.3, 0.4) is 0 Å². The minimum Gasteiger partial charge on any atom is -0.497 e. The first kappa shape index (κ1) is 29.4. The Bertz CT molecular complexity index is 900. The fraction of sp³-hybridized carbons (Fsp3) is 0.360. The molecular weight excluding hydrogens is 470 g/mol. The summed E-state index contributed by atoms with van der Waals surface area (Å²) in [5, 5.41) is 13.0. The summed E-state index contributed by atoms with van der Waals surface area (Å²) in [6, 6.07) is 7.06. The van der Waals surface area contributed by atoms with Gasteiger partial charge in [0.25, 0.3) is 0 Å². The van der Waals surface area contributed by atoms with Gasteiger partial charge in [-0.25, -0.2) is 9.78 Å². The number of rotatable bonds is 9. The molecule has 176 valence electrons. The van der Waals surface area contributed by atoms with Crippen LogP contribution in [0.4, 0.5) is 0 Å². The van der Waals surface area contributed by atoms with Crippen molar-refractivity contribution in [1.82, 2.24) is 14.9 Å². The number of carbonyl (C=O) groups is 1. The zero-order valence-electron chi connectivity index (χ0n) is 20.1. The summed E-state index contributed by atoms with van der Waals surface area (Å²) in [5.41, 5.74) is 2.30. The smallest absolute Gasteiger partial charge is 0.354 e. The Kier molecular flexibility index (Phi) is 14.7. The highest BCUT2D eigenvalue weighted by Gasteiger charge is 2.28. The van der Waals surface area contributed by atoms with E-state index in [-0.39, 0.29) is 5.69 Å². The maximum absolute atomic E-state index is 12.1. The molecule has 6 nitrogen and oxygen atoms in total. The minimum absolute atomic E-state index is 0.121. The van der Waals surface area contributed by atoms with E-state index in [0.29, 0.717) is 17.0 Å². The van der Waals surface area contributed by atoms with Crippen molar-refractivity contribution >= 4 is 21.9 Å². The molecule has 1 atom stereocenters. The van der Waals surface area contributed by atoms with E-state index >= 15 is 0 Å². The minimum atomic E-state index is -1.04. The molecule has 0 fully saturated rings. The van der Waals surface area contributed by atoms with Gasteiger partial charge in [0.2, 0.25) is 0 Å². The number of aromatic carboxylic acids is 1. The molecule has 2 aromatic rings. The first-order chi connectivity index (χ1) is 15.5. The maximum atomic E-state index is 12.1. The third-order valence-corrected chi connectivity index (χ3v) is 4.87. The highest BCUT2D eigenvalue weighted by molar-refractivity contribution is 9.10. The first-order valence-corrected chi connectivity index (χ1v) is 11.5. The molecule has 0 spiro atoms. The van der Waals surface area contributed by atoms with Crippen LogP contribution in [0.1, 0.15) is 62.4 Å². The standard InChI is InChI=1S/C21H24BrN3O3.2C2H6/c1-5-7-8-15(6-2)17(23-3)18-19(20(26)27)25(21(22)24-18)13-14-9-11-16(28-4)12-10-14;2*1-2/h5-12,17,23H,2,13H2,1,3-4H3,(H,26,27);2*1-2H3/b7-5-,15-8+;;. The maximum Gasteiger partial charge on any atom is 0.354 e. The lowest BCUT2D eigenvalue weighted by Gasteiger charge is -2.17. The van der Waals surface area contributed by atoms with Crippen LogP contribution in [-0.2, 0) is 6.54 Å². The molecular formula is C25H36BrN3O3. The predicted octanol–water partition coefficient (Wildman–Crippen LogP) is 6.40. The third-order valence-electron chi connectivity index (χ3n) is 4.26. The van der Waals surface area contributed by atoms with E-state index in [1.165, 1.54) is 0 Å². The van der Waals surface area contributed by atoms with Gasteiger partial charge in [-0.15, -0.1) is 0 Å². The van der Waals surface area contributed by atoms with Crippen molar-refractivity contribution in [3.8, 4) is 5.75 Å². The average Bonchev–Trinajstić information content (AvgIpc) is 3.15. The van der Waals surface area contributed by atoms with Gasteiger partial charge in [0.15, 0.2) is 10.4 Å². The number of imidazole rings is 1. The van der Waals surface area contributed by atoms with Gasteiger partial charge >= 0.3 is 5.97 Å². The van der Waals surface area contributed by atoms with Crippen LogP contribution in [0.5, 0.6) is 5.75 Å². The molecule has 0 radical (unpaired) electrons. The number of nitrogens with zero attached hydrogens (tertiary/aromatic N) is 2. The highest BCUT2D eigenvalue weighted by Crippen LogP contribution is 2.29. The number of hydrogen-bond acceptors (Lipinski definition) is 4. The zero-order valence-corrected chi connectivity index (χ0v) is 21.7. The topological polar surface area (TPSA) is 76.4 Å². The molecule has 1 aromatic heterocycles. The molecule has 0 bridgehead atoms. The van der Waals surface area contributed by atoms with Gasteiger partial charge in [0, 0.05) is 0 Å². The lowest BCUT2D eigenvalue weighted by Crippen LogP contribution is -2.22. The second-order valence-electron chi connectivity index (χ2n) is 5.97. The van der Waals surface area contributed by atoms with E-state index in [0.717, 1.165) is 16.9 Å². The number of carboxylic acids is 1. The Morgan fingerprint density at radius 1 is 1.28 bits per heavy atom. The van der Waals surface area contributed by atoms with Crippen molar-refractivity contribution < 1.29 is 14.6 Å². The van der Waals surface area contributed by atoms with Crippen LogP contribution in [-0.4, -0.2) is 34.8 Å². The van der Waals surface area contributed by atoms with Gasteiger partial charge in [-0.2, -0.15) is 0 Å². The molecule has 1 aromatic carbocycles. The molecule has 2 rings (SSSR count). The van der Waals surface area contributed by atoms with E-state index in [4.69, 9.17) is 4.74 Å². The van der Waals surface area contributed by atoms with Crippen LogP contribution in [0.25, 0.3) is 0 Å². The molecule has 32 heavy (non-hydrogen) atoms. The Balaban J connectivity index is 0.00000227. The number of likely N-dealkylation sites (N-methyl/N-ethyl adjacent to an activating group) is 1. The molecule has 0 aliphatic heterocycles. The van der Waals surface area contributed by atoms with Crippen molar-refractivity contribution in [3.05, 3.63) is 82.4 Å². The Morgan fingerprint density at radius 3 is 2.31 bits per heavy atom. The molecule has 7 heteroatoms.